The van der Waals surface area contributed by atoms with Gasteiger partial charge in [0.25, 0.3) is 5.91 Å². The van der Waals surface area contributed by atoms with Crippen LogP contribution in [0.25, 0.3) is 0 Å². The summed E-state index contributed by atoms with van der Waals surface area (Å²) < 4.78 is 10.3. The van der Waals surface area contributed by atoms with E-state index in [4.69, 9.17) is 9.47 Å². The Bertz CT molecular complexity index is 462. The lowest BCUT2D eigenvalue weighted by atomic mass is 10.3. The maximum Gasteiger partial charge on any atom is 0.258 e. The summed E-state index contributed by atoms with van der Waals surface area (Å²) >= 11 is 0. The molecule has 2 amide bonds. The number of methoxy groups -OCH3 is 1. The molecule has 0 heterocycles. The Labute approximate surface area is 118 Å². The van der Waals surface area contributed by atoms with Crippen molar-refractivity contribution in [2.75, 3.05) is 25.6 Å². The van der Waals surface area contributed by atoms with Crippen LogP contribution in [-0.2, 0) is 14.3 Å². The number of nitrogens with one attached hydrogen (secondary N) is 2. The minimum Gasteiger partial charge on any atom is -0.482 e. The van der Waals surface area contributed by atoms with Crippen molar-refractivity contribution in [3.8, 4) is 5.75 Å². The summed E-state index contributed by atoms with van der Waals surface area (Å²) in [4.78, 5) is 22.7. The van der Waals surface area contributed by atoms with E-state index in [2.05, 4.69) is 10.6 Å². The molecule has 1 aromatic rings. The second-order valence-electron chi connectivity index (χ2n) is 4.39. The van der Waals surface area contributed by atoms with Crippen LogP contribution in [0.4, 0.5) is 5.69 Å². The smallest absolute Gasteiger partial charge is 0.258 e. The third-order valence-electron chi connectivity index (χ3n) is 2.38. The lowest BCUT2D eigenvalue weighted by Crippen LogP contribution is -2.38. The first-order valence-electron chi connectivity index (χ1n) is 6.30. The number of para-hydroxylation sites is 2. The third kappa shape index (κ3) is 5.71. The second kappa shape index (κ2) is 8.16. The van der Waals surface area contributed by atoms with Gasteiger partial charge in [0.2, 0.25) is 5.91 Å². The largest absolute Gasteiger partial charge is 0.482 e. The molecule has 20 heavy (non-hydrogen) atoms. The van der Waals surface area contributed by atoms with Gasteiger partial charge in [-0.15, -0.1) is 0 Å². The molecule has 1 atom stereocenters. The average molecular weight is 280 g/mol. The lowest BCUT2D eigenvalue weighted by Gasteiger charge is -2.14. The van der Waals surface area contributed by atoms with Crippen LogP contribution in [0.2, 0.25) is 0 Å². The molecule has 0 saturated heterocycles. The summed E-state index contributed by atoms with van der Waals surface area (Å²) in [6, 6.07) is 6.87. The van der Waals surface area contributed by atoms with Gasteiger partial charge in [0, 0.05) is 20.1 Å². The average Bonchev–Trinajstić information content (AvgIpc) is 2.37. The molecule has 0 unspecified atom stereocenters. The molecule has 1 rings (SSSR count). The molecular weight excluding hydrogens is 260 g/mol. The van der Waals surface area contributed by atoms with E-state index < -0.39 is 0 Å². The Morgan fingerprint density at radius 3 is 2.65 bits per heavy atom. The number of rotatable bonds is 7. The SMILES string of the molecule is COC[C@H](C)NC(=O)COc1ccccc1NC(C)=O. The molecular formula is C14H20N2O4. The van der Waals surface area contributed by atoms with E-state index in [0.717, 1.165) is 0 Å². The molecule has 0 fully saturated rings. The number of benzene rings is 1. The Morgan fingerprint density at radius 2 is 2.00 bits per heavy atom. The zero-order valence-corrected chi connectivity index (χ0v) is 11.9. The van der Waals surface area contributed by atoms with Crippen LogP contribution in [-0.4, -0.2) is 38.2 Å². The summed E-state index contributed by atoms with van der Waals surface area (Å²) in [5.41, 5.74) is 0.540. The van der Waals surface area contributed by atoms with Crippen molar-refractivity contribution >= 4 is 17.5 Å². The maximum absolute atomic E-state index is 11.7. The molecule has 0 aliphatic rings. The van der Waals surface area contributed by atoms with Crippen molar-refractivity contribution in [3.63, 3.8) is 0 Å². The van der Waals surface area contributed by atoms with Crippen LogP contribution in [0.1, 0.15) is 13.8 Å². The third-order valence-corrected chi connectivity index (χ3v) is 2.38. The molecule has 1 aromatic carbocycles. The van der Waals surface area contributed by atoms with Gasteiger partial charge in [0.15, 0.2) is 6.61 Å². The number of hydrogen-bond donors (Lipinski definition) is 2. The van der Waals surface area contributed by atoms with Crippen molar-refractivity contribution in [3.05, 3.63) is 24.3 Å². The molecule has 110 valence electrons. The molecule has 6 nitrogen and oxygen atoms in total. The van der Waals surface area contributed by atoms with Crippen LogP contribution in [0.5, 0.6) is 5.75 Å². The quantitative estimate of drug-likeness (QED) is 0.786. The minimum atomic E-state index is -0.243. The number of hydrogen-bond acceptors (Lipinski definition) is 4. The highest BCUT2D eigenvalue weighted by Crippen LogP contribution is 2.23. The number of carbonyl (C=O) groups is 2. The summed E-state index contributed by atoms with van der Waals surface area (Å²) in [5.74, 6) is 0.0173. The van der Waals surface area contributed by atoms with Crippen molar-refractivity contribution in [2.45, 2.75) is 19.9 Å². The van der Waals surface area contributed by atoms with Crippen LogP contribution in [0.3, 0.4) is 0 Å². The number of carbonyl (C=O) groups excluding carboxylic acids is 2. The fourth-order valence-electron chi connectivity index (χ4n) is 1.64. The molecule has 0 aliphatic heterocycles. The van der Waals surface area contributed by atoms with Crippen molar-refractivity contribution in [2.24, 2.45) is 0 Å². The van der Waals surface area contributed by atoms with Crippen molar-refractivity contribution in [1.82, 2.24) is 5.32 Å². The number of amides is 2. The van der Waals surface area contributed by atoms with Crippen LogP contribution >= 0.6 is 0 Å². The van der Waals surface area contributed by atoms with Crippen LogP contribution < -0.4 is 15.4 Å². The normalized spacial score (nSPS) is 11.6. The molecule has 2 N–H and O–H groups in total. The maximum atomic E-state index is 11.7. The van der Waals surface area contributed by atoms with E-state index in [1.54, 1.807) is 31.4 Å². The minimum absolute atomic E-state index is 0.0818. The van der Waals surface area contributed by atoms with E-state index >= 15 is 0 Å². The summed E-state index contributed by atoms with van der Waals surface area (Å²) in [5, 5.41) is 5.38. The van der Waals surface area contributed by atoms with Gasteiger partial charge in [-0.05, 0) is 19.1 Å². The van der Waals surface area contributed by atoms with Gasteiger partial charge in [-0.1, -0.05) is 12.1 Å². The van der Waals surface area contributed by atoms with Gasteiger partial charge in [-0.2, -0.15) is 0 Å². The van der Waals surface area contributed by atoms with Gasteiger partial charge < -0.3 is 20.1 Å². The number of anilines is 1. The van der Waals surface area contributed by atoms with Crippen molar-refractivity contribution < 1.29 is 19.1 Å². The number of ether oxygens (including phenoxy) is 2. The highest BCUT2D eigenvalue weighted by Gasteiger charge is 2.10. The summed E-state index contributed by atoms with van der Waals surface area (Å²) in [6.07, 6.45) is 0. The zero-order valence-electron chi connectivity index (χ0n) is 11.9. The predicted molar refractivity (Wildman–Crippen MR) is 75.7 cm³/mol. The van der Waals surface area contributed by atoms with Gasteiger partial charge in [0.05, 0.1) is 12.3 Å². The standard InChI is InChI=1S/C14H20N2O4/c1-10(8-19-3)15-14(18)9-20-13-7-5-4-6-12(13)16-11(2)17/h4-7,10H,8-9H2,1-3H3,(H,15,18)(H,16,17)/t10-/m0/s1. The van der Waals surface area contributed by atoms with Crippen LogP contribution in [0, 0.1) is 0 Å². The van der Waals surface area contributed by atoms with Crippen molar-refractivity contribution in [1.29, 1.82) is 0 Å². The molecule has 0 bridgehead atoms. The molecule has 0 aromatic heterocycles. The van der Waals surface area contributed by atoms with Crippen LogP contribution in [0.15, 0.2) is 24.3 Å². The summed E-state index contributed by atoms with van der Waals surface area (Å²) in [7, 11) is 1.57. The first kappa shape index (κ1) is 16.0. The monoisotopic (exact) mass is 280 g/mol. The predicted octanol–water partition coefficient (Wildman–Crippen LogP) is 1.17. The molecule has 0 spiro atoms. The highest BCUT2D eigenvalue weighted by molar-refractivity contribution is 5.90. The second-order valence-corrected chi connectivity index (χ2v) is 4.39. The topological polar surface area (TPSA) is 76.7 Å². The van der Waals surface area contributed by atoms with Gasteiger partial charge in [0.1, 0.15) is 5.75 Å². The Morgan fingerprint density at radius 1 is 1.30 bits per heavy atom. The van der Waals surface area contributed by atoms with Gasteiger partial charge in [-0.25, -0.2) is 0 Å². The highest BCUT2D eigenvalue weighted by atomic mass is 16.5. The Kier molecular flexibility index (Phi) is 6.52. The van der Waals surface area contributed by atoms with Gasteiger partial charge >= 0.3 is 0 Å². The lowest BCUT2D eigenvalue weighted by molar-refractivity contribution is -0.124. The Balaban J connectivity index is 2.52. The van der Waals surface area contributed by atoms with E-state index in [1.165, 1.54) is 6.92 Å². The Hall–Kier alpha value is -2.08. The molecule has 0 radical (unpaired) electrons. The first-order valence-corrected chi connectivity index (χ1v) is 6.30. The molecule has 0 aliphatic carbocycles. The fraction of sp³-hybridized carbons (Fsp3) is 0.429. The van der Waals surface area contributed by atoms with E-state index in [9.17, 15) is 9.59 Å². The van der Waals surface area contributed by atoms with E-state index in [1.807, 2.05) is 6.92 Å². The van der Waals surface area contributed by atoms with E-state index in [0.29, 0.717) is 18.0 Å². The fourth-order valence-corrected chi connectivity index (χ4v) is 1.64. The van der Waals surface area contributed by atoms with Gasteiger partial charge in [-0.3, -0.25) is 9.59 Å². The first-order chi connectivity index (χ1) is 9.52. The molecule has 6 heteroatoms. The zero-order chi connectivity index (χ0) is 15.0. The summed E-state index contributed by atoms with van der Waals surface area (Å²) in [6.45, 7) is 3.57. The molecule has 0 saturated carbocycles. The van der Waals surface area contributed by atoms with E-state index in [-0.39, 0.29) is 24.5 Å².